The first kappa shape index (κ1) is 12.4. The minimum absolute atomic E-state index is 0.798. The highest BCUT2D eigenvalue weighted by molar-refractivity contribution is 4.89. The van der Waals surface area contributed by atoms with Crippen molar-refractivity contribution >= 4 is 0 Å². The van der Waals surface area contributed by atoms with Crippen LogP contribution in [0.25, 0.3) is 0 Å². The summed E-state index contributed by atoms with van der Waals surface area (Å²) in [6, 6.07) is 1.74. The SMILES string of the molecule is CCNC1CCCCC1CN(CC)C1CC1. The highest BCUT2D eigenvalue weighted by atomic mass is 15.2. The molecule has 2 unspecified atom stereocenters. The Kier molecular flexibility index (Phi) is 4.66. The first-order chi connectivity index (χ1) is 7.85. The van der Waals surface area contributed by atoms with Gasteiger partial charge >= 0.3 is 0 Å². The lowest BCUT2D eigenvalue weighted by Crippen LogP contribution is -2.44. The van der Waals surface area contributed by atoms with E-state index >= 15 is 0 Å². The second-order valence-corrected chi connectivity index (χ2v) is 5.53. The van der Waals surface area contributed by atoms with Crippen LogP contribution in [0.1, 0.15) is 52.4 Å². The summed E-state index contributed by atoms with van der Waals surface area (Å²) in [6.07, 6.45) is 8.64. The van der Waals surface area contributed by atoms with Crippen molar-refractivity contribution in [1.29, 1.82) is 0 Å². The van der Waals surface area contributed by atoms with Crippen molar-refractivity contribution in [3.05, 3.63) is 0 Å². The monoisotopic (exact) mass is 224 g/mol. The van der Waals surface area contributed by atoms with E-state index in [1.807, 2.05) is 0 Å². The quantitative estimate of drug-likeness (QED) is 0.746. The normalized spacial score (nSPS) is 30.9. The lowest BCUT2D eigenvalue weighted by Gasteiger charge is -2.35. The Labute approximate surface area is 101 Å². The zero-order valence-electron chi connectivity index (χ0n) is 11.0. The lowest BCUT2D eigenvalue weighted by molar-refractivity contribution is 0.168. The van der Waals surface area contributed by atoms with Crippen molar-refractivity contribution in [1.82, 2.24) is 10.2 Å². The summed E-state index contributed by atoms with van der Waals surface area (Å²) in [4.78, 5) is 2.72. The van der Waals surface area contributed by atoms with Crippen LogP contribution in [0.15, 0.2) is 0 Å². The number of rotatable bonds is 6. The van der Waals surface area contributed by atoms with E-state index < -0.39 is 0 Å². The highest BCUT2D eigenvalue weighted by Gasteiger charge is 2.32. The van der Waals surface area contributed by atoms with Gasteiger partial charge in [0.15, 0.2) is 0 Å². The van der Waals surface area contributed by atoms with Crippen molar-refractivity contribution < 1.29 is 0 Å². The Morgan fingerprint density at radius 3 is 2.44 bits per heavy atom. The molecule has 0 aromatic rings. The average molecular weight is 224 g/mol. The molecule has 0 aromatic carbocycles. The van der Waals surface area contributed by atoms with Gasteiger partial charge in [0.25, 0.3) is 0 Å². The van der Waals surface area contributed by atoms with Crippen LogP contribution in [0.5, 0.6) is 0 Å². The van der Waals surface area contributed by atoms with E-state index in [9.17, 15) is 0 Å². The molecule has 2 atom stereocenters. The summed E-state index contributed by atoms with van der Waals surface area (Å²) < 4.78 is 0. The molecule has 0 heterocycles. The summed E-state index contributed by atoms with van der Waals surface area (Å²) in [5, 5.41) is 3.70. The van der Waals surface area contributed by atoms with Gasteiger partial charge in [0, 0.05) is 18.6 Å². The largest absolute Gasteiger partial charge is 0.314 e. The molecule has 0 bridgehead atoms. The molecule has 0 saturated heterocycles. The molecule has 2 aliphatic carbocycles. The maximum Gasteiger partial charge on any atom is 0.0107 e. The minimum Gasteiger partial charge on any atom is -0.314 e. The van der Waals surface area contributed by atoms with Crippen molar-refractivity contribution in [3.63, 3.8) is 0 Å². The second kappa shape index (κ2) is 6.02. The van der Waals surface area contributed by atoms with E-state index in [0.29, 0.717) is 0 Å². The van der Waals surface area contributed by atoms with Gasteiger partial charge in [0.05, 0.1) is 0 Å². The van der Waals surface area contributed by atoms with Crippen LogP contribution in [0.3, 0.4) is 0 Å². The van der Waals surface area contributed by atoms with E-state index in [1.165, 1.54) is 51.6 Å². The fourth-order valence-corrected chi connectivity index (χ4v) is 3.23. The standard InChI is InChI=1S/C14H28N2/c1-3-15-14-8-6-5-7-12(14)11-16(4-2)13-9-10-13/h12-15H,3-11H2,1-2H3. The Bertz CT molecular complexity index is 199. The van der Waals surface area contributed by atoms with Crippen LogP contribution in [-0.4, -0.2) is 36.6 Å². The summed E-state index contributed by atoms with van der Waals surface area (Å²) in [7, 11) is 0. The Morgan fingerprint density at radius 1 is 1.06 bits per heavy atom. The third kappa shape index (κ3) is 3.21. The topological polar surface area (TPSA) is 15.3 Å². The summed E-state index contributed by atoms with van der Waals surface area (Å²) in [5.74, 6) is 0.911. The van der Waals surface area contributed by atoms with Crippen LogP contribution in [0.4, 0.5) is 0 Å². The van der Waals surface area contributed by atoms with Crippen molar-refractivity contribution in [2.75, 3.05) is 19.6 Å². The molecule has 2 saturated carbocycles. The predicted octanol–water partition coefficient (Wildman–Crippen LogP) is 2.64. The van der Waals surface area contributed by atoms with Gasteiger partial charge in [-0.1, -0.05) is 26.7 Å². The van der Waals surface area contributed by atoms with Crippen LogP contribution in [0, 0.1) is 5.92 Å². The van der Waals surface area contributed by atoms with Gasteiger partial charge in [-0.3, -0.25) is 0 Å². The molecular weight excluding hydrogens is 196 g/mol. The molecule has 2 rings (SSSR count). The van der Waals surface area contributed by atoms with Crippen molar-refractivity contribution in [2.45, 2.75) is 64.5 Å². The maximum atomic E-state index is 3.70. The van der Waals surface area contributed by atoms with Crippen LogP contribution in [-0.2, 0) is 0 Å². The summed E-state index contributed by atoms with van der Waals surface area (Å²) >= 11 is 0. The zero-order valence-corrected chi connectivity index (χ0v) is 11.0. The van der Waals surface area contributed by atoms with Crippen molar-refractivity contribution in [3.8, 4) is 0 Å². The van der Waals surface area contributed by atoms with E-state index in [4.69, 9.17) is 0 Å². The molecule has 2 heteroatoms. The van der Waals surface area contributed by atoms with Gasteiger partial charge in [-0.15, -0.1) is 0 Å². The molecule has 1 N–H and O–H groups in total. The Morgan fingerprint density at radius 2 is 1.81 bits per heavy atom. The molecule has 0 amide bonds. The number of nitrogens with one attached hydrogen (secondary N) is 1. The molecule has 2 nitrogen and oxygen atoms in total. The van der Waals surface area contributed by atoms with Crippen LogP contribution >= 0.6 is 0 Å². The molecule has 16 heavy (non-hydrogen) atoms. The third-order valence-electron chi connectivity index (χ3n) is 4.31. The van der Waals surface area contributed by atoms with Gasteiger partial charge in [0.2, 0.25) is 0 Å². The van der Waals surface area contributed by atoms with Crippen LogP contribution in [0.2, 0.25) is 0 Å². The smallest absolute Gasteiger partial charge is 0.0107 e. The Balaban J connectivity index is 1.83. The predicted molar refractivity (Wildman–Crippen MR) is 69.7 cm³/mol. The fourth-order valence-electron chi connectivity index (χ4n) is 3.23. The summed E-state index contributed by atoms with van der Waals surface area (Å²) in [5.41, 5.74) is 0. The first-order valence-electron chi connectivity index (χ1n) is 7.32. The molecule has 94 valence electrons. The maximum absolute atomic E-state index is 3.70. The van der Waals surface area contributed by atoms with Gasteiger partial charge < -0.3 is 10.2 Å². The molecule has 0 aromatic heterocycles. The van der Waals surface area contributed by atoms with Gasteiger partial charge in [0.1, 0.15) is 0 Å². The van der Waals surface area contributed by atoms with Crippen molar-refractivity contribution in [2.24, 2.45) is 5.92 Å². The first-order valence-corrected chi connectivity index (χ1v) is 7.32. The molecule has 2 aliphatic rings. The fraction of sp³-hybridized carbons (Fsp3) is 1.00. The molecule has 0 aliphatic heterocycles. The minimum atomic E-state index is 0.798. The van der Waals surface area contributed by atoms with Gasteiger partial charge in [-0.2, -0.15) is 0 Å². The molecular formula is C14H28N2. The number of nitrogens with zero attached hydrogens (tertiary/aromatic N) is 1. The highest BCUT2D eigenvalue weighted by Crippen LogP contribution is 2.31. The van der Waals surface area contributed by atoms with Gasteiger partial charge in [-0.25, -0.2) is 0 Å². The average Bonchev–Trinajstić information content (AvgIpc) is 3.12. The number of hydrogen-bond donors (Lipinski definition) is 1. The third-order valence-corrected chi connectivity index (χ3v) is 4.31. The van der Waals surface area contributed by atoms with E-state index in [-0.39, 0.29) is 0 Å². The Hall–Kier alpha value is -0.0800. The number of hydrogen-bond acceptors (Lipinski definition) is 2. The molecule has 2 fully saturated rings. The lowest BCUT2D eigenvalue weighted by atomic mass is 9.84. The van der Waals surface area contributed by atoms with E-state index in [1.54, 1.807) is 0 Å². The molecule has 0 radical (unpaired) electrons. The van der Waals surface area contributed by atoms with E-state index in [2.05, 4.69) is 24.1 Å². The molecule has 0 spiro atoms. The van der Waals surface area contributed by atoms with Crippen LogP contribution < -0.4 is 5.32 Å². The van der Waals surface area contributed by atoms with E-state index in [0.717, 1.165) is 24.5 Å². The summed E-state index contributed by atoms with van der Waals surface area (Å²) in [6.45, 7) is 8.29. The van der Waals surface area contributed by atoms with Gasteiger partial charge in [-0.05, 0) is 44.7 Å². The second-order valence-electron chi connectivity index (χ2n) is 5.53. The zero-order chi connectivity index (χ0) is 11.4.